The Kier molecular flexibility index (Phi) is 48.2. The van der Waals surface area contributed by atoms with E-state index in [1.165, 1.54) is 36.6 Å². The number of amides is 3. The average molecular weight is 1890 g/mol. The second-order valence-electron chi connectivity index (χ2n) is 35.0. The summed E-state index contributed by atoms with van der Waals surface area (Å²) in [5, 5.41) is 20.7. The molecule has 2 N–H and O–H groups in total. The van der Waals surface area contributed by atoms with E-state index in [0.29, 0.717) is 102 Å². The molecule has 6 heterocycles. The summed E-state index contributed by atoms with van der Waals surface area (Å²) in [4.78, 5) is 104. The number of phenolic OH excluding ortho intramolecular Hbond substituents is 1. The number of rotatable bonds is 20. The molecule has 2 spiro atoms. The molecule has 13 rings (SSSR count). The lowest BCUT2D eigenvalue weighted by Gasteiger charge is -2.41. The predicted octanol–water partition coefficient (Wildman–Crippen LogP) is 20.2. The van der Waals surface area contributed by atoms with Gasteiger partial charge in [0.05, 0.1) is 54.7 Å². The lowest BCUT2D eigenvalue weighted by molar-refractivity contribution is -0.154. The van der Waals surface area contributed by atoms with Crippen LogP contribution in [0.5, 0.6) is 28.7 Å². The molecule has 127 heavy (non-hydrogen) atoms. The highest BCUT2D eigenvalue weighted by molar-refractivity contribution is 9.09. The van der Waals surface area contributed by atoms with Crippen molar-refractivity contribution in [2.24, 2.45) is 0 Å². The first-order valence-corrected chi connectivity index (χ1v) is 44.8. The van der Waals surface area contributed by atoms with Gasteiger partial charge in [0.15, 0.2) is 0 Å². The number of nitrogens with zero attached hydrogens (tertiary/aromatic N) is 3. The number of hydrogen-bond acceptors (Lipinski definition) is 22. The summed E-state index contributed by atoms with van der Waals surface area (Å²) < 4.78 is 69.5. The van der Waals surface area contributed by atoms with Crippen LogP contribution in [0.15, 0.2) is 121 Å². The van der Waals surface area contributed by atoms with Crippen LogP contribution in [0.3, 0.4) is 0 Å². The first-order chi connectivity index (χ1) is 58.7. The molecule has 4 saturated heterocycles. The molecule has 0 bridgehead atoms. The highest BCUT2D eigenvalue weighted by Gasteiger charge is 2.54. The molecule has 0 aromatic heterocycles. The van der Waals surface area contributed by atoms with Crippen molar-refractivity contribution in [3.8, 4) is 28.7 Å². The molecule has 2 saturated carbocycles. The highest BCUT2D eigenvalue weighted by Crippen LogP contribution is 2.51. The van der Waals surface area contributed by atoms with Gasteiger partial charge in [0.2, 0.25) is 0 Å². The zero-order chi connectivity index (χ0) is 89.9. The van der Waals surface area contributed by atoms with Gasteiger partial charge in [-0.2, -0.15) is 0 Å². The largest absolute Gasteiger partial charge is 0.508 e. The molecule has 6 fully saturated rings. The lowest BCUT2D eigenvalue weighted by Crippen LogP contribution is -2.50. The van der Waals surface area contributed by atoms with E-state index >= 15 is 0 Å². The van der Waals surface area contributed by atoms with Crippen LogP contribution in [0.25, 0.3) is 0 Å². The number of carboxylic acid groups (broad SMARTS) is 1. The molecule has 712 valence electrons. The molecule has 2 aliphatic carbocycles. The topological polar surface area (TPSA) is 307 Å². The second-order valence-corrected chi connectivity index (χ2v) is 35.8. The zero-order valence-corrected chi connectivity index (χ0v) is 79.2. The normalized spacial score (nSPS) is 17.4. The number of carboxylic acids is 1. The SMILES string of the molecule is C.C.C1CCOC1.CC(C)(C)OC(=O)N1CCC(C(=O)O)(c2ccccc2O)CC1.CC(C)(C)OC(=O)N1CCC2(CC1)C(=O)Oc1ccccc12.CCCOc1ccccc1C1(C(=O)OCCOC)CCCCC1.CCCOc1ccccc1C1(C(=O)OCCOC)CCN(C(=O)OC(C)(C)C)CC1.COCCBr.Cl.Cl.O=C1Oc2ccccc2C12CCCCC2. The van der Waals surface area contributed by atoms with Crippen molar-refractivity contribution in [3.05, 3.63) is 149 Å². The molecule has 5 aromatic carbocycles. The Morgan fingerprint density at radius 1 is 0.402 bits per heavy atom. The number of carbonyl (C=O) groups is 8. The van der Waals surface area contributed by atoms with Gasteiger partial charge in [-0.1, -0.05) is 174 Å². The van der Waals surface area contributed by atoms with Crippen LogP contribution in [-0.2, 0) is 93.7 Å². The number of esters is 4. The number of halogens is 3. The van der Waals surface area contributed by atoms with E-state index in [4.69, 9.17) is 56.8 Å². The molecule has 0 radical (unpaired) electrons. The number of benzene rings is 5. The summed E-state index contributed by atoms with van der Waals surface area (Å²) in [6.07, 6.45) is 16.1. The van der Waals surface area contributed by atoms with Crippen LogP contribution in [0.2, 0.25) is 0 Å². The maximum absolute atomic E-state index is 13.3. The van der Waals surface area contributed by atoms with Crippen molar-refractivity contribution in [1.29, 1.82) is 0 Å². The number of carbonyl (C=O) groups excluding carboxylic acids is 7. The van der Waals surface area contributed by atoms with Gasteiger partial charge in [-0.3, -0.25) is 24.0 Å². The van der Waals surface area contributed by atoms with Crippen molar-refractivity contribution >= 4 is 88.9 Å². The zero-order valence-electron chi connectivity index (χ0n) is 76.0. The monoisotopic (exact) mass is 1880 g/mol. The van der Waals surface area contributed by atoms with Gasteiger partial charge in [-0.05, 0) is 183 Å². The number of phenols is 1. The molecule has 3 amide bonds. The van der Waals surface area contributed by atoms with Gasteiger partial charge < -0.3 is 86.5 Å². The van der Waals surface area contributed by atoms with Crippen LogP contribution in [0.4, 0.5) is 14.4 Å². The van der Waals surface area contributed by atoms with Gasteiger partial charge in [-0.25, -0.2) is 14.4 Å². The fourth-order valence-electron chi connectivity index (χ4n) is 16.3. The number of hydrogen-bond donors (Lipinski definition) is 2. The minimum atomic E-state index is -1.18. The van der Waals surface area contributed by atoms with Gasteiger partial charge >= 0.3 is 48.1 Å². The number of aliphatic carboxylic acids is 1. The van der Waals surface area contributed by atoms with E-state index in [1.807, 2.05) is 146 Å². The van der Waals surface area contributed by atoms with Gasteiger partial charge in [0, 0.05) is 107 Å². The van der Waals surface area contributed by atoms with Crippen molar-refractivity contribution in [2.45, 2.75) is 263 Å². The van der Waals surface area contributed by atoms with Crippen LogP contribution in [-0.4, -0.2) is 215 Å². The number of aromatic hydroxyl groups is 1. The Bertz CT molecular complexity index is 4150. The summed E-state index contributed by atoms with van der Waals surface area (Å²) in [7, 11) is 4.86. The Hall–Kier alpha value is -8.44. The number of likely N-dealkylation sites (tertiary alicyclic amines) is 3. The molecule has 26 nitrogen and oxygen atoms in total. The Morgan fingerprint density at radius 2 is 0.724 bits per heavy atom. The molecule has 8 aliphatic rings. The molecule has 0 unspecified atom stereocenters. The number of methoxy groups -OCH3 is 3. The van der Waals surface area contributed by atoms with Crippen molar-refractivity contribution in [2.75, 3.05) is 125 Å². The van der Waals surface area contributed by atoms with Crippen LogP contribution in [0.1, 0.15) is 247 Å². The van der Waals surface area contributed by atoms with Gasteiger partial charge in [-0.15, -0.1) is 24.8 Å². The van der Waals surface area contributed by atoms with E-state index in [2.05, 4.69) is 27.6 Å². The third-order valence-corrected chi connectivity index (χ3v) is 23.0. The number of piperidine rings is 3. The van der Waals surface area contributed by atoms with Crippen molar-refractivity contribution in [3.63, 3.8) is 0 Å². The molecule has 5 aromatic rings. The minimum Gasteiger partial charge on any atom is -0.508 e. The third kappa shape index (κ3) is 31.7. The summed E-state index contributed by atoms with van der Waals surface area (Å²) >= 11 is 3.18. The molecular weight excluding hydrogens is 1740 g/mol. The maximum atomic E-state index is 13.3. The predicted molar refractivity (Wildman–Crippen MR) is 499 cm³/mol. The highest BCUT2D eigenvalue weighted by atomic mass is 79.9. The summed E-state index contributed by atoms with van der Waals surface area (Å²) in [5.74, 6) is 1.26. The first-order valence-electron chi connectivity index (χ1n) is 43.7. The maximum Gasteiger partial charge on any atom is 0.410 e. The smallest absolute Gasteiger partial charge is 0.410 e. The lowest BCUT2D eigenvalue weighted by atomic mass is 9.69. The Morgan fingerprint density at radius 3 is 1.06 bits per heavy atom. The average Bonchev–Trinajstić information content (AvgIpc) is 1.43. The fraction of sp³-hybridized carbons (Fsp3) is 0.612. The van der Waals surface area contributed by atoms with Gasteiger partial charge in [0.1, 0.15) is 64.2 Å². The van der Waals surface area contributed by atoms with Crippen LogP contribution < -0.4 is 18.9 Å². The van der Waals surface area contributed by atoms with Crippen molar-refractivity contribution < 1.29 is 110 Å². The molecular formula is C98H146BrCl2N3O23. The van der Waals surface area contributed by atoms with Crippen LogP contribution in [0, 0.1) is 0 Å². The summed E-state index contributed by atoms with van der Waals surface area (Å²) in [6, 6.07) is 37.4. The van der Waals surface area contributed by atoms with E-state index in [1.54, 1.807) is 70.1 Å². The third-order valence-electron chi connectivity index (χ3n) is 22.7. The number of ether oxygens (including phenoxy) is 13. The van der Waals surface area contributed by atoms with Crippen LogP contribution >= 0.6 is 40.7 Å². The molecule has 0 atom stereocenters. The number of fused-ring (bicyclic) bond motifs is 4. The fourth-order valence-corrected chi connectivity index (χ4v) is 16.6. The molecule has 6 aliphatic heterocycles. The Labute approximate surface area is 775 Å². The minimum absolute atomic E-state index is 0. The van der Waals surface area contributed by atoms with E-state index in [9.17, 15) is 48.6 Å². The Balaban J connectivity index is 0.000000398. The first kappa shape index (κ1) is 113. The van der Waals surface area contributed by atoms with Crippen molar-refractivity contribution in [1.82, 2.24) is 14.7 Å². The summed E-state index contributed by atoms with van der Waals surface area (Å²) in [6.45, 7) is 28.2. The number of para-hydroxylation sites is 5. The summed E-state index contributed by atoms with van der Waals surface area (Å²) in [5.41, 5.74) is -0.928. The standard InChI is InChI=1S/C23H35NO6.C19H28O4.C17H23NO5.C17H21NO4.C13H14O2.C4H8O.C3H7BrO.2CH4.2ClH/c1-6-15-28-19-10-8-7-9-18(19)23(20(25)29-17-16-27-5)11-13-24(14-12-23)21(26)30-22(2,3)4;1-3-13-22-17-10-6-5-9-16(17)19(11-7-4-8-12-19)18(20)23-15-14-21-2;1-16(2,3)23-15(22)18-10-8-17(9-11-18,14(20)21)12-6-4-5-7-13(12)19;1-16(2,3)22-15(20)18-10-8-17(9-11-18)12-6-4-5-7-13(12)21-14(17)19;14-12-13(8-4-1-5-9-13)10-6-2-3-7-11(10)15-12;1-2-4-5-3-1;1-5-3-2-4;;;;/h7-10H,6,11-17H2,1-5H3;5-6,9-10H,3-4,7-8,11-15H2,1-2H3;4-7,19H,8-11H2,1-3H3,(H,20,21);4-7H,8-11H2,1-3H3;2-3,6-7H,1,4-5,8-9H2;1-4H2;2-3H2,1H3;2*1H4;2*1H. The van der Waals surface area contributed by atoms with Gasteiger partial charge in [0.25, 0.3) is 0 Å². The van der Waals surface area contributed by atoms with E-state index < -0.39 is 50.5 Å². The second kappa shape index (κ2) is 54.3. The van der Waals surface area contributed by atoms with E-state index in [0.717, 1.165) is 123 Å². The number of alkyl halides is 1. The molecule has 29 heteroatoms. The van der Waals surface area contributed by atoms with E-state index in [-0.39, 0.29) is 119 Å². The quantitative estimate of drug-likeness (QED) is 0.0240.